The molecule has 0 saturated heterocycles. The predicted molar refractivity (Wildman–Crippen MR) is 100 cm³/mol. The lowest BCUT2D eigenvalue weighted by Gasteiger charge is -2.24. The number of amides is 1. The number of nitrogens with one attached hydrogen (secondary N) is 1. The molecule has 0 aliphatic carbocycles. The van der Waals surface area contributed by atoms with E-state index in [4.69, 9.17) is 23.2 Å². The number of benzene rings is 1. The van der Waals surface area contributed by atoms with Crippen LogP contribution >= 0.6 is 23.2 Å². The summed E-state index contributed by atoms with van der Waals surface area (Å²) >= 11 is 12.0. The zero-order valence-corrected chi connectivity index (χ0v) is 16.7. The SMILES string of the molecule is CC(C)[C@H](C)NC(=O)CCCN(c1cc(Cl)ccc1Cl)S(C)(=O)=O. The van der Waals surface area contributed by atoms with Crippen LogP contribution in [0.5, 0.6) is 0 Å². The van der Waals surface area contributed by atoms with Gasteiger partial charge in [0.15, 0.2) is 0 Å². The minimum Gasteiger partial charge on any atom is -0.353 e. The summed E-state index contributed by atoms with van der Waals surface area (Å²) in [5.41, 5.74) is 0.322. The van der Waals surface area contributed by atoms with Gasteiger partial charge in [-0.2, -0.15) is 0 Å². The molecule has 0 fully saturated rings. The van der Waals surface area contributed by atoms with Crippen LogP contribution in [0.4, 0.5) is 5.69 Å². The summed E-state index contributed by atoms with van der Waals surface area (Å²) < 4.78 is 25.3. The third-order valence-electron chi connectivity index (χ3n) is 3.73. The highest BCUT2D eigenvalue weighted by Crippen LogP contribution is 2.30. The first kappa shape index (κ1) is 21.1. The monoisotopic (exact) mass is 394 g/mol. The van der Waals surface area contributed by atoms with E-state index in [0.717, 1.165) is 6.26 Å². The van der Waals surface area contributed by atoms with Crippen LogP contribution in [-0.2, 0) is 14.8 Å². The van der Waals surface area contributed by atoms with Gasteiger partial charge in [0.2, 0.25) is 15.9 Å². The normalized spacial score (nSPS) is 13.0. The van der Waals surface area contributed by atoms with E-state index in [1.807, 2.05) is 20.8 Å². The van der Waals surface area contributed by atoms with Gasteiger partial charge in [-0.3, -0.25) is 9.10 Å². The summed E-state index contributed by atoms with van der Waals surface area (Å²) in [7, 11) is -3.53. The molecule has 24 heavy (non-hydrogen) atoms. The van der Waals surface area contributed by atoms with Crippen LogP contribution in [0.2, 0.25) is 10.0 Å². The Morgan fingerprint density at radius 3 is 2.42 bits per heavy atom. The number of hydrogen-bond acceptors (Lipinski definition) is 3. The first-order valence-electron chi connectivity index (χ1n) is 7.74. The van der Waals surface area contributed by atoms with Crippen molar-refractivity contribution in [3.63, 3.8) is 0 Å². The molecular weight excluding hydrogens is 371 g/mol. The van der Waals surface area contributed by atoms with Crippen molar-refractivity contribution in [2.24, 2.45) is 5.92 Å². The summed E-state index contributed by atoms with van der Waals surface area (Å²) in [4.78, 5) is 11.9. The fourth-order valence-corrected chi connectivity index (χ4v) is 3.42. The van der Waals surface area contributed by atoms with Gasteiger partial charge in [0.25, 0.3) is 0 Å². The molecule has 1 N–H and O–H groups in total. The fourth-order valence-electron chi connectivity index (χ4n) is 2.02. The van der Waals surface area contributed by atoms with E-state index in [1.165, 1.54) is 10.4 Å². The number of rotatable bonds is 8. The predicted octanol–water partition coefficient (Wildman–Crippen LogP) is 3.70. The van der Waals surface area contributed by atoms with Gasteiger partial charge >= 0.3 is 0 Å². The van der Waals surface area contributed by atoms with Crippen molar-refractivity contribution in [1.29, 1.82) is 0 Å². The van der Waals surface area contributed by atoms with Gasteiger partial charge in [-0.25, -0.2) is 8.42 Å². The highest BCUT2D eigenvalue weighted by atomic mass is 35.5. The minimum absolute atomic E-state index is 0.0749. The zero-order valence-electron chi connectivity index (χ0n) is 14.3. The summed E-state index contributed by atoms with van der Waals surface area (Å²) in [6.45, 7) is 6.15. The fraction of sp³-hybridized carbons (Fsp3) is 0.562. The van der Waals surface area contributed by atoms with E-state index in [9.17, 15) is 13.2 Å². The molecule has 0 unspecified atom stereocenters. The topological polar surface area (TPSA) is 66.5 Å². The molecular formula is C16H24Cl2N2O3S. The Bertz CT molecular complexity index is 678. The number of carbonyl (C=O) groups is 1. The van der Waals surface area contributed by atoms with Crippen molar-refractivity contribution >= 4 is 44.8 Å². The van der Waals surface area contributed by atoms with Gasteiger partial charge < -0.3 is 5.32 Å². The second-order valence-corrected chi connectivity index (χ2v) is 8.89. The van der Waals surface area contributed by atoms with Crippen molar-refractivity contribution in [1.82, 2.24) is 5.32 Å². The lowest BCUT2D eigenvalue weighted by atomic mass is 10.1. The molecule has 5 nitrogen and oxygen atoms in total. The summed E-state index contributed by atoms with van der Waals surface area (Å²) in [6, 6.07) is 4.72. The zero-order chi connectivity index (χ0) is 18.5. The first-order chi connectivity index (χ1) is 11.0. The lowest BCUT2D eigenvalue weighted by Crippen LogP contribution is -2.37. The van der Waals surface area contributed by atoms with Gasteiger partial charge in [-0.05, 0) is 37.5 Å². The molecule has 1 amide bonds. The molecule has 1 rings (SSSR count). The molecule has 0 saturated carbocycles. The number of nitrogens with zero attached hydrogens (tertiary/aromatic N) is 1. The van der Waals surface area contributed by atoms with E-state index in [2.05, 4.69) is 5.32 Å². The summed E-state index contributed by atoms with van der Waals surface area (Å²) in [5, 5.41) is 3.59. The number of halogens is 2. The highest BCUT2D eigenvalue weighted by Gasteiger charge is 2.21. The van der Waals surface area contributed by atoms with Crippen LogP contribution in [0, 0.1) is 5.92 Å². The molecule has 1 atom stereocenters. The molecule has 0 heterocycles. The van der Waals surface area contributed by atoms with E-state index in [-0.39, 0.29) is 24.9 Å². The average Bonchev–Trinajstić information content (AvgIpc) is 2.45. The molecule has 0 aliphatic heterocycles. The molecule has 0 spiro atoms. The number of hydrogen-bond donors (Lipinski definition) is 1. The number of sulfonamides is 1. The van der Waals surface area contributed by atoms with Crippen LogP contribution in [0.3, 0.4) is 0 Å². The summed E-state index contributed by atoms with van der Waals surface area (Å²) in [5.74, 6) is 0.244. The van der Waals surface area contributed by atoms with E-state index in [1.54, 1.807) is 12.1 Å². The van der Waals surface area contributed by atoms with Gasteiger partial charge in [-0.15, -0.1) is 0 Å². The first-order valence-corrected chi connectivity index (χ1v) is 10.3. The van der Waals surface area contributed by atoms with Crippen molar-refractivity contribution < 1.29 is 13.2 Å². The molecule has 8 heteroatoms. The highest BCUT2D eigenvalue weighted by molar-refractivity contribution is 7.92. The van der Waals surface area contributed by atoms with E-state index in [0.29, 0.717) is 28.1 Å². The van der Waals surface area contributed by atoms with Crippen LogP contribution in [-0.4, -0.2) is 33.2 Å². The minimum atomic E-state index is -3.53. The van der Waals surface area contributed by atoms with Crippen LogP contribution in [0.25, 0.3) is 0 Å². The van der Waals surface area contributed by atoms with Crippen LogP contribution < -0.4 is 9.62 Å². The van der Waals surface area contributed by atoms with E-state index >= 15 is 0 Å². The van der Waals surface area contributed by atoms with E-state index < -0.39 is 10.0 Å². The van der Waals surface area contributed by atoms with Gasteiger partial charge in [-0.1, -0.05) is 37.0 Å². The molecule has 0 aliphatic rings. The molecule has 136 valence electrons. The maximum atomic E-state index is 12.1. The van der Waals surface area contributed by atoms with Crippen molar-refractivity contribution in [3.05, 3.63) is 28.2 Å². The average molecular weight is 395 g/mol. The smallest absolute Gasteiger partial charge is 0.232 e. The molecule has 0 radical (unpaired) electrons. The third-order valence-corrected chi connectivity index (χ3v) is 5.47. The molecule has 0 bridgehead atoms. The maximum absolute atomic E-state index is 12.1. The van der Waals surface area contributed by atoms with Crippen LogP contribution in [0.1, 0.15) is 33.6 Å². The number of carbonyl (C=O) groups excluding carboxylic acids is 1. The summed E-state index contributed by atoms with van der Waals surface area (Å²) in [6.07, 6.45) is 1.72. The Hall–Kier alpha value is -0.980. The Morgan fingerprint density at radius 2 is 1.88 bits per heavy atom. The Kier molecular flexibility index (Phi) is 7.83. The van der Waals surface area contributed by atoms with Gasteiger partial charge in [0.1, 0.15) is 0 Å². The van der Waals surface area contributed by atoms with Crippen molar-refractivity contribution in [2.45, 2.75) is 39.7 Å². The molecule has 1 aromatic carbocycles. The number of anilines is 1. The second-order valence-electron chi connectivity index (χ2n) is 6.13. The van der Waals surface area contributed by atoms with Gasteiger partial charge in [0.05, 0.1) is 17.0 Å². The molecule has 0 aromatic heterocycles. The standard InChI is InChI=1S/C16H24Cl2N2O3S/c1-11(2)12(3)19-16(21)6-5-9-20(24(4,22)23)15-10-13(17)7-8-14(15)18/h7-8,10-12H,5-6,9H2,1-4H3,(H,19,21)/t12-/m0/s1. The maximum Gasteiger partial charge on any atom is 0.232 e. The largest absolute Gasteiger partial charge is 0.353 e. The van der Waals surface area contributed by atoms with Crippen LogP contribution in [0.15, 0.2) is 18.2 Å². The Balaban J connectivity index is 2.76. The second kappa shape index (κ2) is 8.92. The molecule has 1 aromatic rings. The van der Waals surface area contributed by atoms with Crippen molar-refractivity contribution in [2.75, 3.05) is 17.1 Å². The lowest BCUT2D eigenvalue weighted by molar-refractivity contribution is -0.122. The Labute approximate surface area is 154 Å². The van der Waals surface area contributed by atoms with Crippen molar-refractivity contribution in [3.8, 4) is 0 Å². The Morgan fingerprint density at radius 1 is 1.25 bits per heavy atom. The van der Waals surface area contributed by atoms with Gasteiger partial charge in [0, 0.05) is 24.0 Å². The third kappa shape index (κ3) is 6.49. The quantitative estimate of drug-likeness (QED) is 0.730.